The van der Waals surface area contributed by atoms with Gasteiger partial charge in [0.2, 0.25) is 0 Å². The lowest BCUT2D eigenvalue weighted by molar-refractivity contribution is 0.627. The number of nitrogens with zero attached hydrogens (tertiary/aromatic N) is 2. The largest absolute Gasteiger partial charge is 0.231 e. The lowest BCUT2D eigenvalue weighted by Crippen LogP contribution is -1.90. The summed E-state index contributed by atoms with van der Waals surface area (Å²) in [7, 11) is 0. The van der Waals surface area contributed by atoms with Gasteiger partial charge in [-0.2, -0.15) is 0 Å². The fourth-order valence-corrected chi connectivity index (χ4v) is 3.60. The summed E-state index contributed by atoms with van der Waals surface area (Å²) in [5, 5.41) is 1.55. The molecule has 0 saturated heterocycles. The molecule has 2 nitrogen and oxygen atoms in total. The van der Waals surface area contributed by atoms with Crippen LogP contribution >= 0.6 is 23.5 Å². The SMILES string of the molecule is Fc1ccc(CSc2ccnc(SCc3ccc(F)cc3)n2)cc1. The predicted molar refractivity (Wildman–Crippen MR) is 94.0 cm³/mol. The molecule has 0 aliphatic heterocycles. The minimum Gasteiger partial charge on any atom is -0.231 e. The Morgan fingerprint density at radius 1 is 0.708 bits per heavy atom. The van der Waals surface area contributed by atoms with Crippen LogP contribution in [0.25, 0.3) is 0 Å². The highest BCUT2D eigenvalue weighted by Crippen LogP contribution is 2.24. The van der Waals surface area contributed by atoms with E-state index in [-0.39, 0.29) is 11.6 Å². The second kappa shape index (κ2) is 8.26. The fourth-order valence-electron chi connectivity index (χ4n) is 1.94. The zero-order valence-electron chi connectivity index (χ0n) is 12.7. The second-order valence-electron chi connectivity index (χ2n) is 5.01. The standard InChI is InChI=1S/C18H14F2N2S2/c19-15-5-1-13(2-6-15)11-23-17-9-10-21-18(22-17)24-12-14-3-7-16(20)8-4-14/h1-10H,11-12H2. The van der Waals surface area contributed by atoms with E-state index in [0.717, 1.165) is 21.9 Å². The number of hydrogen-bond acceptors (Lipinski definition) is 4. The van der Waals surface area contributed by atoms with Gasteiger partial charge in [-0.05, 0) is 41.5 Å². The molecule has 122 valence electrons. The first-order chi connectivity index (χ1) is 11.7. The fraction of sp³-hybridized carbons (Fsp3) is 0.111. The average molecular weight is 360 g/mol. The molecular formula is C18H14F2N2S2. The van der Waals surface area contributed by atoms with Gasteiger partial charge in [0, 0.05) is 17.7 Å². The Labute approximate surface area is 147 Å². The van der Waals surface area contributed by atoms with Gasteiger partial charge in [0.15, 0.2) is 5.16 Å². The molecule has 0 aliphatic carbocycles. The first kappa shape index (κ1) is 16.9. The molecule has 0 radical (unpaired) electrons. The molecule has 0 unspecified atom stereocenters. The van der Waals surface area contributed by atoms with E-state index < -0.39 is 0 Å². The lowest BCUT2D eigenvalue weighted by Gasteiger charge is -2.04. The number of hydrogen-bond donors (Lipinski definition) is 0. The van der Waals surface area contributed by atoms with Gasteiger partial charge < -0.3 is 0 Å². The summed E-state index contributed by atoms with van der Waals surface area (Å²) in [4.78, 5) is 8.76. The highest BCUT2D eigenvalue weighted by atomic mass is 32.2. The van der Waals surface area contributed by atoms with Crippen LogP contribution < -0.4 is 0 Å². The van der Waals surface area contributed by atoms with Gasteiger partial charge in [-0.1, -0.05) is 36.0 Å². The van der Waals surface area contributed by atoms with E-state index in [0.29, 0.717) is 10.9 Å². The van der Waals surface area contributed by atoms with Crippen molar-refractivity contribution in [2.24, 2.45) is 0 Å². The summed E-state index contributed by atoms with van der Waals surface area (Å²) >= 11 is 3.09. The Balaban J connectivity index is 1.57. The molecule has 2 aromatic carbocycles. The summed E-state index contributed by atoms with van der Waals surface area (Å²) in [6.07, 6.45) is 1.73. The number of halogens is 2. The monoisotopic (exact) mass is 360 g/mol. The molecule has 0 N–H and O–H groups in total. The number of aromatic nitrogens is 2. The molecule has 24 heavy (non-hydrogen) atoms. The Hall–Kier alpha value is -1.92. The molecule has 1 heterocycles. The maximum atomic E-state index is 12.9. The summed E-state index contributed by atoms with van der Waals surface area (Å²) in [6.45, 7) is 0. The van der Waals surface area contributed by atoms with Gasteiger partial charge in [0.1, 0.15) is 16.7 Å². The van der Waals surface area contributed by atoms with Gasteiger partial charge >= 0.3 is 0 Å². The van der Waals surface area contributed by atoms with Crippen LogP contribution in [-0.4, -0.2) is 9.97 Å². The molecule has 1 aromatic heterocycles. The normalized spacial score (nSPS) is 10.8. The molecule has 0 spiro atoms. The van der Waals surface area contributed by atoms with Crippen LogP contribution in [0.5, 0.6) is 0 Å². The van der Waals surface area contributed by atoms with Crippen molar-refractivity contribution in [3.8, 4) is 0 Å². The highest BCUT2D eigenvalue weighted by Gasteiger charge is 2.03. The van der Waals surface area contributed by atoms with E-state index >= 15 is 0 Å². The van der Waals surface area contributed by atoms with E-state index in [1.54, 1.807) is 42.2 Å². The molecule has 0 bridgehead atoms. The Kier molecular flexibility index (Phi) is 5.82. The maximum absolute atomic E-state index is 12.9. The molecule has 0 atom stereocenters. The third-order valence-electron chi connectivity index (χ3n) is 3.19. The molecule has 3 rings (SSSR count). The number of benzene rings is 2. The van der Waals surface area contributed by atoms with Crippen LogP contribution in [0, 0.1) is 11.6 Å². The van der Waals surface area contributed by atoms with Crippen molar-refractivity contribution in [1.82, 2.24) is 9.97 Å². The van der Waals surface area contributed by atoms with Gasteiger partial charge in [0.05, 0.1) is 0 Å². The summed E-state index contributed by atoms with van der Waals surface area (Å²) in [5.41, 5.74) is 2.06. The van der Waals surface area contributed by atoms with E-state index in [4.69, 9.17) is 0 Å². The van der Waals surface area contributed by atoms with Crippen molar-refractivity contribution in [3.05, 3.63) is 83.6 Å². The van der Waals surface area contributed by atoms with Crippen molar-refractivity contribution in [2.75, 3.05) is 0 Å². The Morgan fingerprint density at radius 3 is 1.83 bits per heavy atom. The van der Waals surface area contributed by atoms with Crippen LogP contribution in [0.2, 0.25) is 0 Å². The minimum absolute atomic E-state index is 0.231. The van der Waals surface area contributed by atoms with Crippen molar-refractivity contribution in [2.45, 2.75) is 21.7 Å². The maximum Gasteiger partial charge on any atom is 0.188 e. The van der Waals surface area contributed by atoms with Gasteiger partial charge in [-0.15, -0.1) is 11.8 Å². The first-order valence-electron chi connectivity index (χ1n) is 7.26. The smallest absolute Gasteiger partial charge is 0.188 e. The summed E-state index contributed by atoms with van der Waals surface area (Å²) < 4.78 is 25.8. The zero-order chi connectivity index (χ0) is 16.8. The topological polar surface area (TPSA) is 25.8 Å². The Morgan fingerprint density at radius 2 is 1.25 bits per heavy atom. The first-order valence-corrected chi connectivity index (χ1v) is 9.24. The number of rotatable bonds is 6. The van der Waals surface area contributed by atoms with Crippen LogP contribution in [-0.2, 0) is 11.5 Å². The molecule has 0 amide bonds. The molecule has 3 aromatic rings. The van der Waals surface area contributed by atoms with Crippen molar-refractivity contribution in [3.63, 3.8) is 0 Å². The van der Waals surface area contributed by atoms with Crippen molar-refractivity contribution in [1.29, 1.82) is 0 Å². The molecule has 0 aliphatic rings. The van der Waals surface area contributed by atoms with Crippen LogP contribution in [0.1, 0.15) is 11.1 Å². The zero-order valence-corrected chi connectivity index (χ0v) is 14.3. The average Bonchev–Trinajstić information content (AvgIpc) is 2.61. The molecule has 6 heteroatoms. The van der Waals surface area contributed by atoms with Crippen LogP contribution in [0.3, 0.4) is 0 Å². The summed E-state index contributed by atoms with van der Waals surface area (Å²) in [5.74, 6) is 0.940. The van der Waals surface area contributed by atoms with E-state index in [1.807, 2.05) is 6.07 Å². The van der Waals surface area contributed by atoms with Gasteiger partial charge in [-0.3, -0.25) is 0 Å². The molecule has 0 fully saturated rings. The van der Waals surface area contributed by atoms with Crippen molar-refractivity contribution < 1.29 is 8.78 Å². The Bertz CT molecular complexity index is 728. The lowest BCUT2D eigenvalue weighted by atomic mass is 10.2. The van der Waals surface area contributed by atoms with Gasteiger partial charge in [0.25, 0.3) is 0 Å². The minimum atomic E-state index is -0.237. The quantitative estimate of drug-likeness (QED) is 0.337. The van der Waals surface area contributed by atoms with E-state index in [2.05, 4.69) is 9.97 Å². The third kappa shape index (κ3) is 5.04. The van der Waals surface area contributed by atoms with Crippen LogP contribution in [0.4, 0.5) is 8.78 Å². The van der Waals surface area contributed by atoms with E-state index in [9.17, 15) is 8.78 Å². The molecular weight excluding hydrogens is 346 g/mol. The second-order valence-corrected chi connectivity index (χ2v) is 6.95. The molecule has 0 saturated carbocycles. The van der Waals surface area contributed by atoms with Crippen LogP contribution in [0.15, 0.2) is 71.0 Å². The van der Waals surface area contributed by atoms with Crippen molar-refractivity contribution >= 4 is 23.5 Å². The highest BCUT2D eigenvalue weighted by molar-refractivity contribution is 7.99. The van der Waals surface area contributed by atoms with E-state index in [1.165, 1.54) is 36.0 Å². The number of thioether (sulfide) groups is 2. The predicted octanol–water partition coefficient (Wildman–Crippen LogP) is 5.34. The summed E-state index contributed by atoms with van der Waals surface area (Å²) in [6, 6.07) is 14.7. The van der Waals surface area contributed by atoms with Gasteiger partial charge in [-0.25, -0.2) is 18.7 Å². The third-order valence-corrected chi connectivity index (χ3v) is 5.12.